The van der Waals surface area contributed by atoms with Gasteiger partial charge in [0.25, 0.3) is 8.53 Å². The summed E-state index contributed by atoms with van der Waals surface area (Å²) in [6.07, 6.45) is 0.280. The minimum Gasteiger partial charge on any atom is -0.464 e. The third kappa shape index (κ3) is 3.67. The van der Waals surface area contributed by atoms with Gasteiger partial charge in [0.1, 0.15) is 0 Å². The highest BCUT2D eigenvalue weighted by molar-refractivity contribution is 7.44. The van der Waals surface area contributed by atoms with Crippen molar-refractivity contribution in [3.8, 4) is 0 Å². The summed E-state index contributed by atoms with van der Waals surface area (Å²) in [6.45, 7) is 8.52. The van der Waals surface area contributed by atoms with E-state index >= 15 is 0 Å². The molecule has 0 aromatic carbocycles. The van der Waals surface area contributed by atoms with Crippen molar-refractivity contribution in [1.82, 2.24) is 4.67 Å². The second-order valence-electron chi connectivity index (χ2n) is 3.43. The smallest absolute Gasteiger partial charge is 0.338 e. The van der Waals surface area contributed by atoms with E-state index in [2.05, 4.69) is 4.67 Å². The average Bonchev–Trinajstić information content (AvgIpc) is 2.77. The third-order valence-electron chi connectivity index (χ3n) is 2.23. The topological polar surface area (TPSA) is 48.0 Å². The molecule has 1 aliphatic heterocycles. The lowest BCUT2D eigenvalue weighted by atomic mass is 10.4. The zero-order valence-electron chi connectivity index (χ0n) is 10.1. The van der Waals surface area contributed by atoms with Crippen LogP contribution in [0.25, 0.3) is 0 Å². The van der Waals surface area contributed by atoms with E-state index in [1.54, 1.807) is 0 Å². The van der Waals surface area contributed by atoms with Crippen LogP contribution in [0.5, 0.6) is 0 Å². The molecule has 0 aromatic rings. The summed E-state index contributed by atoms with van der Waals surface area (Å²) in [7, 11) is -1.06. The Morgan fingerprint density at radius 2 is 2.12 bits per heavy atom. The molecule has 0 amide bonds. The van der Waals surface area contributed by atoms with Crippen molar-refractivity contribution in [3.05, 3.63) is 0 Å². The summed E-state index contributed by atoms with van der Waals surface area (Å²) in [5, 5.41) is 0. The van der Waals surface area contributed by atoms with Crippen LogP contribution in [0, 0.1) is 0 Å². The molecule has 0 saturated carbocycles. The fourth-order valence-corrected chi connectivity index (χ4v) is 2.76. The van der Waals surface area contributed by atoms with Crippen molar-refractivity contribution in [3.63, 3.8) is 0 Å². The first kappa shape index (κ1) is 13.8. The second kappa shape index (κ2) is 7.17. The van der Waals surface area contributed by atoms with Gasteiger partial charge in [0.05, 0.1) is 13.2 Å². The fourth-order valence-electron chi connectivity index (χ4n) is 1.31. The van der Waals surface area contributed by atoms with Gasteiger partial charge in [0.15, 0.2) is 6.10 Å². The molecule has 16 heavy (non-hydrogen) atoms. The van der Waals surface area contributed by atoms with Gasteiger partial charge in [-0.25, -0.2) is 9.46 Å². The molecule has 1 aliphatic rings. The zero-order chi connectivity index (χ0) is 12.0. The molecule has 5 nitrogen and oxygen atoms in total. The molecule has 2 unspecified atom stereocenters. The van der Waals surface area contributed by atoms with E-state index in [9.17, 15) is 4.79 Å². The van der Waals surface area contributed by atoms with Crippen LogP contribution in [0.1, 0.15) is 27.2 Å². The Kier molecular flexibility index (Phi) is 6.21. The Hall–Kier alpha value is -0.220. The maximum atomic E-state index is 11.5. The maximum absolute atomic E-state index is 11.5. The van der Waals surface area contributed by atoms with Crippen molar-refractivity contribution in [2.24, 2.45) is 0 Å². The van der Waals surface area contributed by atoms with Crippen LogP contribution < -0.4 is 0 Å². The molecule has 2 atom stereocenters. The maximum Gasteiger partial charge on any atom is 0.338 e. The van der Waals surface area contributed by atoms with E-state index in [1.807, 2.05) is 20.8 Å². The number of hydrogen-bond donors (Lipinski definition) is 0. The predicted octanol–water partition coefficient (Wildman–Crippen LogP) is 1.92. The van der Waals surface area contributed by atoms with Crippen molar-refractivity contribution < 1.29 is 18.6 Å². The number of carbonyl (C=O) groups is 1. The summed E-state index contributed by atoms with van der Waals surface area (Å²) in [4.78, 5) is 11.5. The number of rotatable bonds is 6. The monoisotopic (exact) mass is 249 g/mol. The molecule has 94 valence electrons. The van der Waals surface area contributed by atoms with E-state index in [0.29, 0.717) is 13.2 Å². The number of ether oxygens (including phenoxy) is 1. The van der Waals surface area contributed by atoms with Crippen LogP contribution in [0.15, 0.2) is 0 Å². The molecule has 0 spiro atoms. The van der Waals surface area contributed by atoms with E-state index in [-0.39, 0.29) is 5.97 Å². The Labute approximate surface area is 98.0 Å². The van der Waals surface area contributed by atoms with Crippen LogP contribution in [-0.2, 0) is 18.6 Å². The molecule has 6 heteroatoms. The molecule has 1 heterocycles. The largest absolute Gasteiger partial charge is 0.464 e. The van der Waals surface area contributed by atoms with Crippen LogP contribution in [0.2, 0.25) is 0 Å². The first-order valence-electron chi connectivity index (χ1n) is 5.74. The number of hydrogen-bond acceptors (Lipinski definition) is 5. The summed E-state index contributed by atoms with van der Waals surface area (Å²) in [5.41, 5.74) is 0. The minimum absolute atomic E-state index is 0.306. The average molecular weight is 249 g/mol. The van der Waals surface area contributed by atoms with Crippen LogP contribution in [0.4, 0.5) is 0 Å². The van der Waals surface area contributed by atoms with Gasteiger partial charge >= 0.3 is 5.97 Å². The van der Waals surface area contributed by atoms with Crippen molar-refractivity contribution in [2.45, 2.75) is 33.3 Å². The van der Waals surface area contributed by atoms with Crippen molar-refractivity contribution in [1.29, 1.82) is 0 Å². The van der Waals surface area contributed by atoms with Gasteiger partial charge in [-0.2, -0.15) is 0 Å². The molecule has 0 radical (unpaired) electrons. The Balaban J connectivity index is 2.36. The SMILES string of the molecule is CCCOC(=O)C1COP(N(CC)CC)O1. The van der Waals surface area contributed by atoms with E-state index in [0.717, 1.165) is 19.5 Å². The molecule has 1 rings (SSSR count). The molecule has 0 bridgehead atoms. The molecule has 0 N–H and O–H groups in total. The summed E-state index contributed by atoms with van der Waals surface area (Å²) >= 11 is 0. The highest BCUT2D eigenvalue weighted by Crippen LogP contribution is 2.48. The van der Waals surface area contributed by atoms with Gasteiger partial charge in [0, 0.05) is 13.1 Å². The lowest BCUT2D eigenvalue weighted by Crippen LogP contribution is -2.25. The first-order valence-corrected chi connectivity index (χ1v) is 6.87. The molecule has 0 aromatic heterocycles. The predicted molar refractivity (Wildman–Crippen MR) is 61.9 cm³/mol. The van der Waals surface area contributed by atoms with Crippen LogP contribution >= 0.6 is 8.53 Å². The number of carbonyl (C=O) groups excluding carboxylic acids is 1. The number of esters is 1. The molecule has 1 saturated heterocycles. The van der Waals surface area contributed by atoms with Gasteiger partial charge in [-0.3, -0.25) is 0 Å². The Morgan fingerprint density at radius 1 is 1.44 bits per heavy atom. The Bertz CT molecular complexity index is 223. The van der Waals surface area contributed by atoms with Gasteiger partial charge in [0.2, 0.25) is 0 Å². The lowest BCUT2D eigenvalue weighted by molar-refractivity contribution is -0.151. The van der Waals surface area contributed by atoms with Crippen LogP contribution in [-0.4, -0.2) is 43.0 Å². The zero-order valence-corrected chi connectivity index (χ0v) is 11.0. The number of nitrogens with zero attached hydrogens (tertiary/aromatic N) is 1. The molecule has 0 aliphatic carbocycles. The van der Waals surface area contributed by atoms with Gasteiger partial charge in [-0.05, 0) is 6.42 Å². The lowest BCUT2D eigenvalue weighted by Gasteiger charge is -2.22. The van der Waals surface area contributed by atoms with Gasteiger partial charge < -0.3 is 13.8 Å². The van der Waals surface area contributed by atoms with Gasteiger partial charge in [-0.1, -0.05) is 20.8 Å². The fraction of sp³-hybridized carbons (Fsp3) is 0.900. The summed E-state index contributed by atoms with van der Waals surface area (Å²) < 4.78 is 18.1. The van der Waals surface area contributed by atoms with Gasteiger partial charge in [-0.15, -0.1) is 0 Å². The van der Waals surface area contributed by atoms with E-state index in [1.165, 1.54) is 0 Å². The summed E-state index contributed by atoms with van der Waals surface area (Å²) in [6, 6.07) is 0. The normalized spacial score (nSPS) is 25.0. The molecular formula is C10H20NO4P. The molecular weight excluding hydrogens is 229 g/mol. The summed E-state index contributed by atoms with van der Waals surface area (Å²) in [5.74, 6) is -0.306. The van der Waals surface area contributed by atoms with Crippen LogP contribution in [0.3, 0.4) is 0 Å². The molecule has 1 fully saturated rings. The minimum atomic E-state index is -1.06. The second-order valence-corrected chi connectivity index (χ2v) is 4.94. The highest BCUT2D eigenvalue weighted by Gasteiger charge is 2.36. The van der Waals surface area contributed by atoms with Crippen molar-refractivity contribution >= 4 is 14.5 Å². The van der Waals surface area contributed by atoms with E-state index < -0.39 is 14.6 Å². The van der Waals surface area contributed by atoms with Crippen molar-refractivity contribution in [2.75, 3.05) is 26.3 Å². The van der Waals surface area contributed by atoms with E-state index in [4.69, 9.17) is 13.8 Å². The Morgan fingerprint density at radius 3 is 2.69 bits per heavy atom. The standard InChI is InChI=1S/C10H20NO4P/c1-4-7-13-10(12)9-8-14-16(15-9)11(5-2)6-3/h9H,4-8H2,1-3H3. The first-order chi connectivity index (χ1) is 7.72. The third-order valence-corrected chi connectivity index (χ3v) is 4.06. The quantitative estimate of drug-likeness (QED) is 0.531. The highest BCUT2D eigenvalue weighted by atomic mass is 31.2.